The van der Waals surface area contributed by atoms with Crippen LogP contribution in [-0.4, -0.2) is 6.54 Å². The van der Waals surface area contributed by atoms with Gasteiger partial charge in [0.25, 0.3) is 0 Å². The molecule has 0 atom stereocenters. The van der Waals surface area contributed by atoms with Crippen molar-refractivity contribution < 1.29 is 0 Å². The van der Waals surface area contributed by atoms with Gasteiger partial charge >= 0.3 is 0 Å². The predicted octanol–water partition coefficient (Wildman–Crippen LogP) is 4.61. The largest absolute Gasteiger partial charge is 0.312 e. The van der Waals surface area contributed by atoms with Crippen molar-refractivity contribution >= 4 is 0 Å². The molecule has 0 aliphatic rings. The van der Waals surface area contributed by atoms with Crippen molar-refractivity contribution in [1.29, 1.82) is 0 Å². The third-order valence-corrected chi connectivity index (χ3v) is 3.92. The maximum atomic E-state index is 3.60. The Morgan fingerprint density at radius 3 is 1.55 bits per heavy atom. The molecule has 0 bridgehead atoms. The van der Waals surface area contributed by atoms with E-state index in [2.05, 4.69) is 96.3 Å². The van der Waals surface area contributed by atoms with Crippen LogP contribution in [0.15, 0.2) is 91.0 Å². The maximum Gasteiger partial charge on any atom is 0.0214 e. The Hall–Kier alpha value is -2.38. The van der Waals surface area contributed by atoms with Crippen molar-refractivity contribution in [1.82, 2.24) is 5.32 Å². The molecule has 0 aliphatic heterocycles. The molecule has 1 N–H and O–H groups in total. The Morgan fingerprint density at radius 1 is 0.591 bits per heavy atom. The van der Waals surface area contributed by atoms with Crippen molar-refractivity contribution in [2.75, 3.05) is 6.54 Å². The molecular weight excluding hydrogens is 266 g/mol. The van der Waals surface area contributed by atoms with Crippen molar-refractivity contribution in [3.8, 4) is 0 Å². The van der Waals surface area contributed by atoms with Gasteiger partial charge in [-0.1, -0.05) is 91.0 Å². The molecule has 0 aliphatic carbocycles. The van der Waals surface area contributed by atoms with Crippen molar-refractivity contribution in [2.45, 2.75) is 12.5 Å². The van der Waals surface area contributed by atoms with Crippen LogP contribution < -0.4 is 5.32 Å². The molecule has 0 amide bonds. The van der Waals surface area contributed by atoms with E-state index in [1.807, 2.05) is 0 Å². The van der Waals surface area contributed by atoms with Gasteiger partial charge in [-0.15, -0.1) is 0 Å². The molecule has 1 nitrogen and oxygen atoms in total. The Kier molecular flexibility index (Phi) is 5.01. The highest BCUT2D eigenvalue weighted by Crippen LogP contribution is 2.23. The molecule has 1 heteroatoms. The second-order valence-electron chi connectivity index (χ2n) is 5.49. The standard InChI is InChI=1S/C21H21N/c1-4-10-18(11-5-1)16-22-17-21(19-12-6-2-7-13-19)20-14-8-3-9-15-20/h1-15,21-22H,16-17H2. The SMILES string of the molecule is c1ccc(CNCC(c2ccccc2)c2ccccc2)cc1. The first-order valence-corrected chi connectivity index (χ1v) is 7.78. The van der Waals surface area contributed by atoms with Gasteiger partial charge < -0.3 is 5.32 Å². The minimum Gasteiger partial charge on any atom is -0.312 e. The lowest BCUT2D eigenvalue weighted by atomic mass is 9.91. The number of nitrogens with one attached hydrogen (secondary N) is 1. The molecule has 110 valence electrons. The van der Waals surface area contributed by atoms with E-state index in [0.717, 1.165) is 13.1 Å². The van der Waals surface area contributed by atoms with E-state index in [-0.39, 0.29) is 0 Å². The van der Waals surface area contributed by atoms with Crippen LogP contribution >= 0.6 is 0 Å². The lowest BCUT2D eigenvalue weighted by Gasteiger charge is -2.19. The fourth-order valence-corrected chi connectivity index (χ4v) is 2.76. The fraction of sp³-hybridized carbons (Fsp3) is 0.143. The summed E-state index contributed by atoms with van der Waals surface area (Å²) >= 11 is 0. The maximum absolute atomic E-state index is 3.60. The predicted molar refractivity (Wildman–Crippen MR) is 92.9 cm³/mol. The van der Waals surface area contributed by atoms with Crippen LogP contribution in [0.5, 0.6) is 0 Å². The summed E-state index contributed by atoms with van der Waals surface area (Å²) in [6.45, 7) is 1.83. The Bertz CT molecular complexity index is 623. The van der Waals surface area contributed by atoms with Gasteiger partial charge in [0.2, 0.25) is 0 Å². The van der Waals surface area contributed by atoms with E-state index in [9.17, 15) is 0 Å². The highest BCUT2D eigenvalue weighted by Gasteiger charge is 2.13. The molecule has 3 aromatic rings. The zero-order valence-electron chi connectivity index (χ0n) is 12.7. The molecule has 0 aromatic heterocycles. The molecule has 0 unspecified atom stereocenters. The van der Waals surface area contributed by atoms with E-state index in [1.54, 1.807) is 0 Å². The van der Waals surface area contributed by atoms with Crippen molar-refractivity contribution in [3.63, 3.8) is 0 Å². The van der Waals surface area contributed by atoms with E-state index >= 15 is 0 Å². The zero-order valence-corrected chi connectivity index (χ0v) is 12.7. The normalized spacial score (nSPS) is 10.8. The van der Waals surface area contributed by atoms with Gasteiger partial charge in [0, 0.05) is 19.0 Å². The highest BCUT2D eigenvalue weighted by atomic mass is 14.9. The number of rotatable bonds is 6. The molecule has 0 saturated heterocycles. The molecule has 0 radical (unpaired) electrons. The summed E-state index contributed by atoms with van der Waals surface area (Å²) < 4.78 is 0. The highest BCUT2D eigenvalue weighted by molar-refractivity contribution is 5.32. The first-order chi connectivity index (χ1) is 10.9. The van der Waals surface area contributed by atoms with Gasteiger partial charge in [0.15, 0.2) is 0 Å². The van der Waals surface area contributed by atoms with Gasteiger partial charge in [-0.25, -0.2) is 0 Å². The summed E-state index contributed by atoms with van der Waals surface area (Å²) in [5.74, 6) is 0.381. The summed E-state index contributed by atoms with van der Waals surface area (Å²) in [7, 11) is 0. The average molecular weight is 287 g/mol. The van der Waals surface area contributed by atoms with Crippen LogP contribution in [0, 0.1) is 0 Å². The van der Waals surface area contributed by atoms with Crippen LogP contribution in [0.4, 0.5) is 0 Å². The fourth-order valence-electron chi connectivity index (χ4n) is 2.76. The van der Waals surface area contributed by atoms with Crippen LogP contribution in [-0.2, 0) is 6.54 Å². The molecule has 0 spiro atoms. The van der Waals surface area contributed by atoms with Gasteiger partial charge in [-0.05, 0) is 16.7 Å². The van der Waals surface area contributed by atoms with Crippen molar-refractivity contribution in [2.24, 2.45) is 0 Å². The second kappa shape index (κ2) is 7.58. The third-order valence-electron chi connectivity index (χ3n) is 3.92. The van der Waals surface area contributed by atoms with E-state index in [4.69, 9.17) is 0 Å². The minimum atomic E-state index is 0.381. The Morgan fingerprint density at radius 2 is 1.05 bits per heavy atom. The monoisotopic (exact) mass is 287 g/mol. The van der Waals surface area contributed by atoms with Crippen LogP contribution in [0.1, 0.15) is 22.6 Å². The van der Waals surface area contributed by atoms with Crippen LogP contribution in [0.2, 0.25) is 0 Å². The summed E-state index contributed by atoms with van der Waals surface area (Å²) in [6.07, 6.45) is 0. The lowest BCUT2D eigenvalue weighted by Crippen LogP contribution is -2.22. The number of hydrogen-bond donors (Lipinski definition) is 1. The first kappa shape index (κ1) is 14.6. The number of hydrogen-bond acceptors (Lipinski definition) is 1. The zero-order chi connectivity index (χ0) is 15.0. The molecule has 0 fully saturated rings. The van der Waals surface area contributed by atoms with Gasteiger partial charge in [-0.2, -0.15) is 0 Å². The second-order valence-corrected chi connectivity index (χ2v) is 5.49. The minimum absolute atomic E-state index is 0.381. The molecule has 0 heterocycles. The molecule has 3 aromatic carbocycles. The Balaban J connectivity index is 1.72. The Labute approximate surface area is 132 Å². The molecule has 0 saturated carbocycles. The van der Waals surface area contributed by atoms with E-state index in [0.29, 0.717) is 5.92 Å². The van der Waals surface area contributed by atoms with Gasteiger partial charge in [0.05, 0.1) is 0 Å². The number of benzene rings is 3. The first-order valence-electron chi connectivity index (χ1n) is 7.78. The van der Waals surface area contributed by atoms with Crippen molar-refractivity contribution in [3.05, 3.63) is 108 Å². The van der Waals surface area contributed by atoms with E-state index in [1.165, 1.54) is 16.7 Å². The van der Waals surface area contributed by atoms with Crippen LogP contribution in [0.3, 0.4) is 0 Å². The average Bonchev–Trinajstić information content (AvgIpc) is 2.61. The topological polar surface area (TPSA) is 12.0 Å². The molecule has 22 heavy (non-hydrogen) atoms. The third kappa shape index (κ3) is 3.84. The molecule has 3 rings (SSSR count). The summed E-state index contributed by atoms with van der Waals surface area (Å²) in [6, 6.07) is 32.0. The quantitative estimate of drug-likeness (QED) is 0.698. The smallest absolute Gasteiger partial charge is 0.0214 e. The molecular formula is C21H21N. The van der Waals surface area contributed by atoms with Crippen LogP contribution in [0.25, 0.3) is 0 Å². The summed E-state index contributed by atoms with van der Waals surface area (Å²) in [5, 5.41) is 3.60. The van der Waals surface area contributed by atoms with Gasteiger partial charge in [-0.3, -0.25) is 0 Å². The summed E-state index contributed by atoms with van der Waals surface area (Å²) in [5.41, 5.74) is 4.03. The summed E-state index contributed by atoms with van der Waals surface area (Å²) in [4.78, 5) is 0. The lowest BCUT2D eigenvalue weighted by molar-refractivity contribution is 0.636. The van der Waals surface area contributed by atoms with Gasteiger partial charge in [0.1, 0.15) is 0 Å². The van der Waals surface area contributed by atoms with E-state index < -0.39 is 0 Å².